The zero-order valence-corrected chi connectivity index (χ0v) is 20.5. The number of halogens is 1. The lowest BCUT2D eigenvalue weighted by atomic mass is 10.2. The van der Waals surface area contributed by atoms with Gasteiger partial charge in [-0.05, 0) is 65.0 Å². The van der Waals surface area contributed by atoms with E-state index in [9.17, 15) is 14.4 Å². The van der Waals surface area contributed by atoms with Gasteiger partial charge >= 0.3 is 12.1 Å². The van der Waals surface area contributed by atoms with E-state index < -0.39 is 23.3 Å². The highest BCUT2D eigenvalue weighted by atomic mass is 35.5. The summed E-state index contributed by atoms with van der Waals surface area (Å²) in [7, 11) is 0. The lowest BCUT2D eigenvalue weighted by molar-refractivity contribution is 0.0505. The lowest BCUT2D eigenvalue weighted by Crippen LogP contribution is -2.37. The summed E-state index contributed by atoms with van der Waals surface area (Å²) < 4.78 is 6.73. The highest BCUT2D eigenvalue weighted by Crippen LogP contribution is 2.24. The topological polar surface area (TPSA) is 114 Å². The molecule has 1 aromatic heterocycles. The fraction of sp³-hybridized carbons (Fsp3) is 0.333. The van der Waals surface area contributed by atoms with Gasteiger partial charge in [-0.2, -0.15) is 0 Å². The first-order chi connectivity index (χ1) is 16.0. The van der Waals surface area contributed by atoms with Crippen molar-refractivity contribution in [3.63, 3.8) is 0 Å². The summed E-state index contributed by atoms with van der Waals surface area (Å²) in [5.74, 6) is 0.279. The average Bonchev–Trinajstić information content (AvgIpc) is 2.72. The van der Waals surface area contributed by atoms with Crippen molar-refractivity contribution < 1.29 is 14.3 Å². The first-order valence-electron chi connectivity index (χ1n) is 10.9. The van der Waals surface area contributed by atoms with Gasteiger partial charge in [-0.3, -0.25) is 9.36 Å². The van der Waals surface area contributed by atoms with Crippen molar-refractivity contribution in [2.24, 2.45) is 0 Å². The predicted octanol–water partition coefficient (Wildman–Crippen LogP) is 4.77. The van der Waals surface area contributed by atoms with Gasteiger partial charge < -0.3 is 20.7 Å². The van der Waals surface area contributed by atoms with Crippen LogP contribution in [0, 0.1) is 0 Å². The third-order valence-electron chi connectivity index (χ3n) is 4.69. The number of amides is 3. The van der Waals surface area contributed by atoms with E-state index in [1.165, 1.54) is 4.57 Å². The van der Waals surface area contributed by atoms with Crippen LogP contribution in [0.5, 0.6) is 0 Å². The molecule has 0 spiro atoms. The van der Waals surface area contributed by atoms with Crippen LogP contribution in [0.15, 0.2) is 47.3 Å². The van der Waals surface area contributed by atoms with Gasteiger partial charge in [-0.1, -0.05) is 23.7 Å². The maximum absolute atomic E-state index is 13.6. The number of benzene rings is 2. The summed E-state index contributed by atoms with van der Waals surface area (Å²) in [5.41, 5.74) is 0.235. The minimum absolute atomic E-state index is 0.250. The van der Waals surface area contributed by atoms with Crippen molar-refractivity contribution in [1.82, 2.24) is 20.2 Å². The number of hydrogen-bond donors (Lipinski definition) is 3. The highest BCUT2D eigenvalue weighted by molar-refractivity contribution is 6.35. The largest absolute Gasteiger partial charge is 0.444 e. The van der Waals surface area contributed by atoms with Gasteiger partial charge in [0.1, 0.15) is 11.4 Å². The number of carbonyl (C=O) groups is 2. The standard InChI is InChI=1S/C24H28ClN5O4/c1-6-26-22(32)28-15-9-7-10-16(13-15)30-20(14(2)27-23(33)34-24(3,4)5)29-18-12-8-11-17(25)19(18)21(30)31/h7-14H,6H2,1-5H3,(H,27,33)(H2,26,28,32)/t14-/m1/s1. The molecule has 0 aliphatic heterocycles. The molecule has 0 bridgehead atoms. The number of hydrogen-bond acceptors (Lipinski definition) is 5. The molecule has 0 saturated heterocycles. The van der Waals surface area contributed by atoms with Crippen LogP contribution in [0.4, 0.5) is 15.3 Å². The van der Waals surface area contributed by atoms with Crippen molar-refractivity contribution in [2.75, 3.05) is 11.9 Å². The van der Waals surface area contributed by atoms with Crippen LogP contribution in [0.1, 0.15) is 46.5 Å². The van der Waals surface area contributed by atoms with Gasteiger partial charge in [0.2, 0.25) is 0 Å². The number of nitrogens with one attached hydrogen (secondary N) is 3. The SMILES string of the molecule is CCNC(=O)Nc1cccc(-n2c([C@@H](C)NC(=O)OC(C)(C)C)nc3cccc(Cl)c3c2=O)c1. The molecule has 180 valence electrons. The van der Waals surface area contributed by atoms with Crippen LogP contribution < -0.4 is 21.5 Å². The molecule has 0 unspecified atom stereocenters. The van der Waals surface area contributed by atoms with E-state index in [4.69, 9.17) is 16.3 Å². The Labute approximate surface area is 202 Å². The smallest absolute Gasteiger partial charge is 0.408 e. The molecule has 1 heterocycles. The molecule has 0 aliphatic carbocycles. The minimum atomic E-state index is -0.689. The van der Waals surface area contributed by atoms with Crippen molar-refractivity contribution >= 4 is 40.3 Å². The molecule has 34 heavy (non-hydrogen) atoms. The Hall–Kier alpha value is -3.59. The maximum atomic E-state index is 13.6. The minimum Gasteiger partial charge on any atom is -0.444 e. The van der Waals surface area contributed by atoms with E-state index in [0.717, 1.165) is 0 Å². The Bertz CT molecular complexity index is 1280. The van der Waals surface area contributed by atoms with Gasteiger partial charge in [0.15, 0.2) is 0 Å². The molecule has 3 aromatic rings. The maximum Gasteiger partial charge on any atom is 0.408 e. The summed E-state index contributed by atoms with van der Waals surface area (Å²) in [5, 5.41) is 8.63. The van der Waals surface area contributed by atoms with Crippen molar-refractivity contribution in [1.29, 1.82) is 0 Å². The zero-order chi connectivity index (χ0) is 25.0. The first-order valence-corrected chi connectivity index (χ1v) is 11.2. The van der Waals surface area contributed by atoms with Crippen molar-refractivity contribution in [3.8, 4) is 5.69 Å². The number of carbonyl (C=O) groups excluding carboxylic acids is 2. The fourth-order valence-electron chi connectivity index (χ4n) is 3.35. The molecule has 0 radical (unpaired) electrons. The molecule has 10 heteroatoms. The van der Waals surface area contributed by atoms with E-state index in [-0.39, 0.29) is 22.3 Å². The highest BCUT2D eigenvalue weighted by Gasteiger charge is 2.23. The summed E-state index contributed by atoms with van der Waals surface area (Å²) in [6, 6.07) is 10.7. The Morgan fingerprint density at radius 3 is 2.56 bits per heavy atom. The van der Waals surface area contributed by atoms with Crippen molar-refractivity contribution in [3.05, 3.63) is 63.7 Å². The lowest BCUT2D eigenvalue weighted by Gasteiger charge is -2.23. The van der Waals surface area contributed by atoms with Crippen LogP contribution in [-0.4, -0.2) is 33.8 Å². The normalized spacial score (nSPS) is 12.2. The number of aromatic nitrogens is 2. The Morgan fingerprint density at radius 2 is 1.88 bits per heavy atom. The number of rotatable bonds is 5. The third-order valence-corrected chi connectivity index (χ3v) is 5.01. The molecule has 3 amide bonds. The molecule has 3 rings (SSSR count). The van der Waals surface area contributed by atoms with Gasteiger partial charge in [0.05, 0.1) is 27.7 Å². The molecule has 0 aliphatic rings. The fourth-order valence-corrected chi connectivity index (χ4v) is 3.60. The number of nitrogens with zero attached hydrogens (tertiary/aromatic N) is 2. The van der Waals surface area contributed by atoms with Crippen LogP contribution in [0.25, 0.3) is 16.6 Å². The molecule has 1 atom stereocenters. The second-order valence-corrected chi connectivity index (χ2v) is 9.05. The average molecular weight is 486 g/mol. The second kappa shape index (κ2) is 10.1. The van der Waals surface area contributed by atoms with Crippen molar-refractivity contribution in [2.45, 2.75) is 46.3 Å². The zero-order valence-electron chi connectivity index (χ0n) is 19.7. The van der Waals surface area contributed by atoms with Crippen LogP contribution in [-0.2, 0) is 4.74 Å². The monoisotopic (exact) mass is 485 g/mol. The van der Waals surface area contributed by atoms with Gasteiger partial charge in [0.25, 0.3) is 5.56 Å². The van der Waals surface area contributed by atoms with Crippen LogP contribution >= 0.6 is 11.6 Å². The Balaban J connectivity index is 2.14. The number of alkyl carbamates (subject to hydrolysis) is 1. The predicted molar refractivity (Wildman–Crippen MR) is 133 cm³/mol. The molecule has 0 saturated carbocycles. The van der Waals surface area contributed by atoms with Crippen LogP contribution in [0.2, 0.25) is 5.02 Å². The number of anilines is 1. The summed E-state index contributed by atoms with van der Waals surface area (Å²) in [6.45, 7) is 9.26. The first kappa shape index (κ1) is 25.0. The van der Waals surface area contributed by atoms with E-state index in [2.05, 4.69) is 20.9 Å². The second-order valence-electron chi connectivity index (χ2n) is 8.65. The van der Waals surface area contributed by atoms with Gasteiger partial charge in [-0.25, -0.2) is 14.6 Å². The van der Waals surface area contributed by atoms with Gasteiger partial charge in [0, 0.05) is 12.2 Å². The molecule has 9 nitrogen and oxygen atoms in total. The van der Waals surface area contributed by atoms with E-state index >= 15 is 0 Å². The van der Waals surface area contributed by atoms with Crippen LogP contribution in [0.3, 0.4) is 0 Å². The quantitative estimate of drug-likeness (QED) is 0.481. The Kier molecular flexibility index (Phi) is 7.46. The van der Waals surface area contributed by atoms with E-state index in [1.54, 1.807) is 70.2 Å². The molecular formula is C24H28ClN5O4. The summed E-state index contributed by atoms with van der Waals surface area (Å²) in [4.78, 5) is 42.7. The van der Waals surface area contributed by atoms with E-state index in [1.807, 2.05) is 6.92 Å². The molecule has 2 aromatic carbocycles. The molecule has 0 fully saturated rings. The number of urea groups is 1. The number of fused-ring (bicyclic) bond motifs is 1. The number of ether oxygens (including phenoxy) is 1. The van der Waals surface area contributed by atoms with E-state index in [0.29, 0.717) is 23.4 Å². The Morgan fingerprint density at radius 1 is 1.18 bits per heavy atom. The van der Waals surface area contributed by atoms with Gasteiger partial charge in [-0.15, -0.1) is 0 Å². The molecule has 3 N–H and O–H groups in total. The third kappa shape index (κ3) is 5.85. The summed E-state index contributed by atoms with van der Waals surface area (Å²) >= 11 is 6.34. The molecular weight excluding hydrogens is 458 g/mol. The summed E-state index contributed by atoms with van der Waals surface area (Å²) in [6.07, 6.45) is -0.640.